The average molecular weight is 527 g/mol. The van der Waals surface area contributed by atoms with E-state index in [1.807, 2.05) is 0 Å². The number of hydrogen-bond acceptors (Lipinski definition) is 8. The molecule has 0 saturated heterocycles. The smallest absolute Gasteiger partial charge is 0.343 e. The summed E-state index contributed by atoms with van der Waals surface area (Å²) in [6, 6.07) is 14.6. The van der Waals surface area contributed by atoms with E-state index in [-0.39, 0.29) is 18.1 Å². The zero-order valence-corrected chi connectivity index (χ0v) is 19.7. The molecule has 0 bridgehead atoms. The highest BCUT2D eigenvalue weighted by Crippen LogP contribution is 2.32. The number of methoxy groups -OCH3 is 2. The van der Waals surface area contributed by atoms with Crippen molar-refractivity contribution in [2.75, 3.05) is 21.0 Å². The standard InChI is InChI=1S/C24H19BrN2O7/c1-30-19-6-4-15(11-21(19)31-2)24(29)34-18-8-5-17(25)9-16(18)12-26-27-23(28)14-3-7-20-22(10-14)33-13-32-20/h3-12H,13H2,1-2H3,(H,27,28)/b26-12+. The van der Waals surface area contributed by atoms with Crippen LogP contribution in [0.5, 0.6) is 28.7 Å². The molecule has 0 unspecified atom stereocenters. The van der Waals surface area contributed by atoms with Crippen molar-refractivity contribution in [2.45, 2.75) is 0 Å². The largest absolute Gasteiger partial charge is 0.493 e. The number of fused-ring (bicyclic) bond motifs is 1. The van der Waals surface area contributed by atoms with Crippen molar-refractivity contribution in [2.24, 2.45) is 5.10 Å². The quantitative estimate of drug-likeness (QED) is 0.213. The number of hydrazone groups is 1. The fourth-order valence-electron chi connectivity index (χ4n) is 3.10. The summed E-state index contributed by atoms with van der Waals surface area (Å²) in [7, 11) is 2.99. The highest BCUT2D eigenvalue weighted by atomic mass is 79.9. The van der Waals surface area contributed by atoms with Gasteiger partial charge in [-0.15, -0.1) is 0 Å². The summed E-state index contributed by atoms with van der Waals surface area (Å²) in [6.45, 7) is 0.117. The Hall–Kier alpha value is -4.05. The van der Waals surface area contributed by atoms with Crippen molar-refractivity contribution in [1.29, 1.82) is 0 Å². The first-order valence-corrected chi connectivity index (χ1v) is 10.7. The lowest BCUT2D eigenvalue weighted by atomic mass is 10.2. The molecule has 10 heteroatoms. The number of nitrogens with one attached hydrogen (secondary N) is 1. The molecule has 1 aliphatic heterocycles. The van der Waals surface area contributed by atoms with E-state index in [1.54, 1.807) is 48.5 Å². The summed E-state index contributed by atoms with van der Waals surface area (Å²) in [4.78, 5) is 25.1. The van der Waals surface area contributed by atoms with E-state index in [0.29, 0.717) is 34.1 Å². The van der Waals surface area contributed by atoms with Crippen LogP contribution in [-0.2, 0) is 0 Å². The first-order chi connectivity index (χ1) is 16.5. The average Bonchev–Trinajstić information content (AvgIpc) is 3.33. The van der Waals surface area contributed by atoms with Gasteiger partial charge in [-0.05, 0) is 54.6 Å². The van der Waals surface area contributed by atoms with Gasteiger partial charge in [-0.25, -0.2) is 10.2 Å². The molecule has 4 rings (SSSR count). The van der Waals surface area contributed by atoms with Gasteiger partial charge < -0.3 is 23.7 Å². The van der Waals surface area contributed by atoms with Gasteiger partial charge in [-0.3, -0.25) is 4.79 Å². The third-order valence-electron chi connectivity index (χ3n) is 4.80. The first kappa shape index (κ1) is 23.1. The molecule has 0 fully saturated rings. The fourth-order valence-corrected chi connectivity index (χ4v) is 3.48. The number of ether oxygens (including phenoxy) is 5. The number of carbonyl (C=O) groups is 2. The molecule has 0 spiro atoms. The van der Waals surface area contributed by atoms with E-state index >= 15 is 0 Å². The van der Waals surface area contributed by atoms with Crippen LogP contribution < -0.4 is 29.1 Å². The van der Waals surface area contributed by atoms with E-state index in [9.17, 15) is 9.59 Å². The molecule has 1 aliphatic rings. The minimum absolute atomic E-state index is 0.117. The summed E-state index contributed by atoms with van der Waals surface area (Å²) < 4.78 is 27.3. The predicted octanol–water partition coefficient (Wildman–Crippen LogP) is 4.18. The highest BCUT2D eigenvalue weighted by molar-refractivity contribution is 9.10. The molecular weight excluding hydrogens is 508 g/mol. The SMILES string of the molecule is COc1ccc(C(=O)Oc2ccc(Br)cc2/C=N/NC(=O)c2ccc3c(c2)OCO3)cc1OC. The zero-order valence-electron chi connectivity index (χ0n) is 18.2. The Bertz CT molecular complexity index is 1280. The maximum Gasteiger partial charge on any atom is 0.343 e. The number of esters is 1. The van der Waals surface area contributed by atoms with Crippen LogP contribution in [0, 0.1) is 0 Å². The lowest BCUT2D eigenvalue weighted by Crippen LogP contribution is -2.17. The summed E-state index contributed by atoms with van der Waals surface area (Å²) >= 11 is 3.38. The van der Waals surface area contributed by atoms with E-state index in [2.05, 4.69) is 26.5 Å². The van der Waals surface area contributed by atoms with Gasteiger partial charge in [0.1, 0.15) is 5.75 Å². The molecule has 34 heavy (non-hydrogen) atoms. The number of halogens is 1. The fraction of sp³-hybridized carbons (Fsp3) is 0.125. The normalized spacial score (nSPS) is 11.9. The number of rotatable bonds is 7. The zero-order chi connectivity index (χ0) is 24.1. The predicted molar refractivity (Wildman–Crippen MR) is 126 cm³/mol. The summed E-state index contributed by atoms with van der Waals surface area (Å²) in [5.74, 6) is 1.19. The van der Waals surface area contributed by atoms with Gasteiger partial charge in [-0.2, -0.15) is 5.10 Å². The van der Waals surface area contributed by atoms with Gasteiger partial charge in [0.2, 0.25) is 6.79 Å². The molecular formula is C24H19BrN2O7. The van der Waals surface area contributed by atoms with Crippen LogP contribution in [0.3, 0.4) is 0 Å². The molecule has 0 saturated carbocycles. The van der Waals surface area contributed by atoms with Crippen molar-refractivity contribution < 1.29 is 33.3 Å². The van der Waals surface area contributed by atoms with Crippen LogP contribution >= 0.6 is 15.9 Å². The molecule has 0 aliphatic carbocycles. The van der Waals surface area contributed by atoms with Crippen molar-refractivity contribution in [3.8, 4) is 28.7 Å². The summed E-state index contributed by atoms with van der Waals surface area (Å²) in [5, 5.41) is 4.00. The Morgan fingerprint density at radius 3 is 2.44 bits per heavy atom. The maximum absolute atomic E-state index is 12.7. The maximum atomic E-state index is 12.7. The van der Waals surface area contributed by atoms with E-state index < -0.39 is 11.9 Å². The minimum Gasteiger partial charge on any atom is -0.493 e. The van der Waals surface area contributed by atoms with Gasteiger partial charge in [-0.1, -0.05) is 15.9 Å². The van der Waals surface area contributed by atoms with Crippen LogP contribution in [0.1, 0.15) is 26.3 Å². The lowest BCUT2D eigenvalue weighted by molar-refractivity contribution is 0.0733. The van der Waals surface area contributed by atoms with Gasteiger partial charge in [0.15, 0.2) is 23.0 Å². The van der Waals surface area contributed by atoms with Gasteiger partial charge in [0, 0.05) is 15.6 Å². The molecule has 1 heterocycles. The van der Waals surface area contributed by atoms with Gasteiger partial charge in [0.05, 0.1) is 26.0 Å². The Morgan fingerprint density at radius 1 is 0.912 bits per heavy atom. The molecule has 0 atom stereocenters. The van der Waals surface area contributed by atoms with Crippen molar-refractivity contribution in [3.05, 3.63) is 75.8 Å². The molecule has 0 aromatic heterocycles. The topological polar surface area (TPSA) is 105 Å². The Morgan fingerprint density at radius 2 is 1.65 bits per heavy atom. The number of nitrogens with zero attached hydrogens (tertiary/aromatic N) is 1. The van der Waals surface area contributed by atoms with Gasteiger partial charge in [0.25, 0.3) is 5.91 Å². The van der Waals surface area contributed by atoms with Crippen LogP contribution in [-0.4, -0.2) is 39.1 Å². The second-order valence-corrected chi connectivity index (χ2v) is 7.82. The molecule has 1 N–H and O–H groups in total. The highest BCUT2D eigenvalue weighted by Gasteiger charge is 2.17. The second-order valence-electron chi connectivity index (χ2n) is 6.91. The van der Waals surface area contributed by atoms with Crippen molar-refractivity contribution in [3.63, 3.8) is 0 Å². The Kier molecular flexibility index (Phi) is 6.98. The third kappa shape index (κ3) is 5.12. The lowest BCUT2D eigenvalue weighted by Gasteiger charge is -2.11. The third-order valence-corrected chi connectivity index (χ3v) is 5.29. The molecule has 9 nitrogen and oxygen atoms in total. The van der Waals surface area contributed by atoms with Crippen molar-refractivity contribution in [1.82, 2.24) is 5.43 Å². The van der Waals surface area contributed by atoms with Crippen LogP contribution in [0.15, 0.2) is 64.2 Å². The molecule has 1 amide bonds. The molecule has 3 aromatic carbocycles. The van der Waals surface area contributed by atoms with Crippen molar-refractivity contribution >= 4 is 34.0 Å². The Balaban J connectivity index is 1.48. The van der Waals surface area contributed by atoms with E-state index in [4.69, 9.17) is 23.7 Å². The summed E-state index contributed by atoms with van der Waals surface area (Å²) in [5.41, 5.74) is 3.55. The van der Waals surface area contributed by atoms with Gasteiger partial charge >= 0.3 is 5.97 Å². The molecule has 0 radical (unpaired) electrons. The number of carbonyl (C=O) groups excluding carboxylic acids is 2. The van der Waals surface area contributed by atoms with Crippen LogP contribution in [0.4, 0.5) is 0 Å². The molecule has 174 valence electrons. The van der Waals surface area contributed by atoms with Crippen LogP contribution in [0.25, 0.3) is 0 Å². The Labute approximate surface area is 203 Å². The van der Waals surface area contributed by atoms with E-state index in [0.717, 1.165) is 4.47 Å². The molecule has 3 aromatic rings. The first-order valence-electron chi connectivity index (χ1n) is 9.95. The number of hydrogen-bond donors (Lipinski definition) is 1. The number of amides is 1. The van der Waals surface area contributed by atoms with E-state index in [1.165, 1.54) is 26.5 Å². The van der Waals surface area contributed by atoms with Crippen LogP contribution in [0.2, 0.25) is 0 Å². The second kappa shape index (κ2) is 10.3. The minimum atomic E-state index is -0.595. The monoisotopic (exact) mass is 526 g/mol. The summed E-state index contributed by atoms with van der Waals surface area (Å²) in [6.07, 6.45) is 1.38. The number of benzene rings is 3.